The molecule has 0 fully saturated rings. The second-order valence-electron chi connectivity index (χ2n) is 4.47. The Bertz CT molecular complexity index is 555. The van der Waals surface area contributed by atoms with Gasteiger partial charge in [-0.25, -0.2) is 0 Å². The molecule has 1 heteroatoms. The first kappa shape index (κ1) is 10.2. The summed E-state index contributed by atoms with van der Waals surface area (Å²) in [5, 5.41) is 3.52. The Morgan fingerprint density at radius 2 is 1.06 bits per heavy atom. The van der Waals surface area contributed by atoms with Crippen LogP contribution in [-0.2, 0) is 0 Å². The summed E-state index contributed by atoms with van der Waals surface area (Å²) in [6, 6.07) is 16.9. The molecular weight excluding hydrogens is 206 g/mol. The standard InChI is InChI=1S/C16H15N/c1-11-12(2)14-8-4-6-10-16(14)17-15-9-5-3-7-13(11)15/h3-10,17H,1-2H3. The number of para-hydroxylation sites is 2. The highest BCUT2D eigenvalue weighted by Gasteiger charge is 2.15. The van der Waals surface area contributed by atoms with Crippen LogP contribution in [-0.4, -0.2) is 0 Å². The number of rotatable bonds is 0. The van der Waals surface area contributed by atoms with Gasteiger partial charge in [-0.3, -0.25) is 0 Å². The monoisotopic (exact) mass is 221 g/mol. The molecule has 0 spiro atoms. The van der Waals surface area contributed by atoms with E-state index in [1.165, 1.54) is 33.6 Å². The van der Waals surface area contributed by atoms with Crippen molar-refractivity contribution in [2.45, 2.75) is 13.8 Å². The van der Waals surface area contributed by atoms with E-state index in [1.54, 1.807) is 0 Å². The van der Waals surface area contributed by atoms with Gasteiger partial charge in [-0.05, 0) is 37.1 Å². The minimum atomic E-state index is 1.19. The van der Waals surface area contributed by atoms with Crippen LogP contribution in [0.15, 0.2) is 48.5 Å². The van der Waals surface area contributed by atoms with Gasteiger partial charge in [0.15, 0.2) is 0 Å². The van der Waals surface area contributed by atoms with Crippen LogP contribution < -0.4 is 5.32 Å². The number of allylic oxidation sites excluding steroid dienone is 2. The Kier molecular flexibility index (Phi) is 2.25. The Hall–Kier alpha value is -2.02. The first-order valence-corrected chi connectivity index (χ1v) is 5.90. The average molecular weight is 221 g/mol. The number of hydrogen-bond donors (Lipinski definition) is 1. The first-order valence-electron chi connectivity index (χ1n) is 5.90. The largest absolute Gasteiger partial charge is 0.355 e. The molecule has 2 aromatic rings. The zero-order valence-electron chi connectivity index (χ0n) is 10.1. The third-order valence-corrected chi connectivity index (χ3v) is 3.49. The molecule has 0 atom stereocenters. The summed E-state index contributed by atoms with van der Waals surface area (Å²) in [6.07, 6.45) is 0. The van der Waals surface area contributed by atoms with Gasteiger partial charge in [0.05, 0.1) is 0 Å². The minimum absolute atomic E-state index is 1.19. The van der Waals surface area contributed by atoms with Gasteiger partial charge in [-0.2, -0.15) is 0 Å². The smallest absolute Gasteiger partial charge is 0.0460 e. The van der Waals surface area contributed by atoms with E-state index in [1.807, 2.05) is 0 Å². The van der Waals surface area contributed by atoms with Gasteiger partial charge in [0.25, 0.3) is 0 Å². The summed E-state index contributed by atoms with van der Waals surface area (Å²) in [5.74, 6) is 0. The van der Waals surface area contributed by atoms with Gasteiger partial charge >= 0.3 is 0 Å². The van der Waals surface area contributed by atoms with Crippen molar-refractivity contribution in [1.82, 2.24) is 0 Å². The fourth-order valence-corrected chi connectivity index (χ4v) is 2.39. The van der Waals surface area contributed by atoms with Crippen molar-refractivity contribution in [2.24, 2.45) is 0 Å². The van der Waals surface area contributed by atoms with E-state index in [2.05, 4.69) is 67.7 Å². The maximum absolute atomic E-state index is 3.52. The van der Waals surface area contributed by atoms with Crippen molar-refractivity contribution in [3.05, 3.63) is 59.7 Å². The van der Waals surface area contributed by atoms with Crippen molar-refractivity contribution in [2.75, 3.05) is 5.32 Å². The van der Waals surface area contributed by atoms with Gasteiger partial charge in [0, 0.05) is 22.5 Å². The highest BCUT2D eigenvalue weighted by atomic mass is 14.9. The molecule has 1 N–H and O–H groups in total. The molecule has 0 radical (unpaired) electrons. The number of hydrogen-bond acceptors (Lipinski definition) is 1. The van der Waals surface area contributed by atoms with Crippen LogP contribution in [0, 0.1) is 0 Å². The quantitative estimate of drug-likeness (QED) is 0.680. The number of benzene rings is 2. The van der Waals surface area contributed by atoms with Crippen LogP contribution in [0.4, 0.5) is 11.4 Å². The SMILES string of the molecule is CC1=C(C)c2ccccc2Nc2ccccc21. The minimum Gasteiger partial charge on any atom is -0.355 e. The van der Waals surface area contributed by atoms with Crippen LogP contribution in [0.3, 0.4) is 0 Å². The van der Waals surface area contributed by atoms with Crippen molar-refractivity contribution in [3.63, 3.8) is 0 Å². The van der Waals surface area contributed by atoms with E-state index in [0.29, 0.717) is 0 Å². The molecule has 84 valence electrons. The lowest BCUT2D eigenvalue weighted by Crippen LogP contribution is -1.93. The summed E-state index contributed by atoms with van der Waals surface area (Å²) in [7, 11) is 0. The van der Waals surface area contributed by atoms with Gasteiger partial charge in [-0.15, -0.1) is 0 Å². The predicted octanol–water partition coefficient (Wildman–Crippen LogP) is 4.69. The third kappa shape index (κ3) is 1.55. The molecule has 17 heavy (non-hydrogen) atoms. The van der Waals surface area contributed by atoms with E-state index < -0.39 is 0 Å². The Balaban J connectivity index is 2.33. The zero-order chi connectivity index (χ0) is 11.8. The normalized spacial score (nSPS) is 13.5. The van der Waals surface area contributed by atoms with Crippen molar-refractivity contribution >= 4 is 22.5 Å². The number of anilines is 2. The molecule has 0 bridgehead atoms. The third-order valence-electron chi connectivity index (χ3n) is 3.49. The molecule has 3 rings (SSSR count). The molecule has 1 aliphatic rings. The Labute approximate surface area is 102 Å². The molecule has 0 saturated heterocycles. The summed E-state index contributed by atoms with van der Waals surface area (Å²) >= 11 is 0. The fraction of sp³-hybridized carbons (Fsp3) is 0.125. The van der Waals surface area contributed by atoms with E-state index in [0.717, 1.165) is 0 Å². The fourth-order valence-electron chi connectivity index (χ4n) is 2.39. The molecular formula is C16H15N. The van der Waals surface area contributed by atoms with E-state index >= 15 is 0 Å². The van der Waals surface area contributed by atoms with Gasteiger partial charge in [0.1, 0.15) is 0 Å². The van der Waals surface area contributed by atoms with Gasteiger partial charge in [-0.1, -0.05) is 36.4 Å². The van der Waals surface area contributed by atoms with Crippen LogP contribution in [0.1, 0.15) is 25.0 Å². The van der Waals surface area contributed by atoms with Gasteiger partial charge < -0.3 is 5.32 Å². The Morgan fingerprint density at radius 3 is 1.53 bits per heavy atom. The maximum atomic E-state index is 3.52. The van der Waals surface area contributed by atoms with E-state index in [4.69, 9.17) is 0 Å². The Morgan fingerprint density at radius 1 is 0.647 bits per heavy atom. The highest BCUT2D eigenvalue weighted by Crippen LogP contribution is 2.38. The molecule has 0 amide bonds. The topological polar surface area (TPSA) is 12.0 Å². The second kappa shape index (κ2) is 3.77. The average Bonchev–Trinajstić information content (AvgIpc) is 2.48. The van der Waals surface area contributed by atoms with Crippen LogP contribution in [0.5, 0.6) is 0 Å². The van der Waals surface area contributed by atoms with Crippen molar-refractivity contribution in [1.29, 1.82) is 0 Å². The molecule has 1 heterocycles. The van der Waals surface area contributed by atoms with E-state index in [-0.39, 0.29) is 0 Å². The van der Waals surface area contributed by atoms with Crippen molar-refractivity contribution in [3.8, 4) is 0 Å². The second-order valence-corrected chi connectivity index (χ2v) is 4.47. The molecule has 1 aliphatic heterocycles. The predicted molar refractivity (Wildman–Crippen MR) is 74.3 cm³/mol. The molecule has 0 aliphatic carbocycles. The molecule has 0 saturated carbocycles. The molecule has 0 unspecified atom stereocenters. The summed E-state index contributed by atoms with van der Waals surface area (Å²) in [4.78, 5) is 0. The van der Waals surface area contributed by atoms with Crippen molar-refractivity contribution < 1.29 is 0 Å². The number of fused-ring (bicyclic) bond motifs is 2. The molecule has 1 nitrogen and oxygen atoms in total. The van der Waals surface area contributed by atoms with Crippen LogP contribution in [0.2, 0.25) is 0 Å². The summed E-state index contributed by atoms with van der Waals surface area (Å²) < 4.78 is 0. The zero-order valence-corrected chi connectivity index (χ0v) is 10.1. The lowest BCUT2D eigenvalue weighted by Gasteiger charge is -2.09. The van der Waals surface area contributed by atoms with E-state index in [9.17, 15) is 0 Å². The lowest BCUT2D eigenvalue weighted by atomic mass is 9.97. The maximum Gasteiger partial charge on any atom is 0.0460 e. The highest BCUT2D eigenvalue weighted by molar-refractivity contribution is 5.99. The van der Waals surface area contributed by atoms with Crippen LogP contribution >= 0.6 is 0 Å². The number of nitrogens with one attached hydrogen (secondary N) is 1. The lowest BCUT2D eigenvalue weighted by molar-refractivity contribution is 1.51. The first-order chi connectivity index (χ1) is 8.27. The summed E-state index contributed by atoms with van der Waals surface area (Å²) in [5.41, 5.74) is 7.65. The van der Waals surface area contributed by atoms with Crippen LogP contribution in [0.25, 0.3) is 11.1 Å². The molecule has 2 aromatic carbocycles. The summed E-state index contributed by atoms with van der Waals surface area (Å²) in [6.45, 7) is 4.38. The van der Waals surface area contributed by atoms with Gasteiger partial charge in [0.2, 0.25) is 0 Å². The molecule has 0 aromatic heterocycles.